The van der Waals surface area contributed by atoms with Gasteiger partial charge in [-0.1, -0.05) is 12.1 Å². The van der Waals surface area contributed by atoms with Crippen LogP contribution in [0.15, 0.2) is 30.6 Å². The molecular formula is C12H13N3O. The van der Waals surface area contributed by atoms with E-state index in [2.05, 4.69) is 4.98 Å². The van der Waals surface area contributed by atoms with Gasteiger partial charge in [-0.15, -0.1) is 0 Å². The van der Waals surface area contributed by atoms with Crippen molar-refractivity contribution >= 4 is 11.5 Å². The lowest BCUT2D eigenvalue weighted by Gasteiger charge is -2.07. The van der Waals surface area contributed by atoms with E-state index in [9.17, 15) is 4.79 Å². The summed E-state index contributed by atoms with van der Waals surface area (Å²) in [5, 5.41) is 0. The van der Waals surface area contributed by atoms with Crippen molar-refractivity contribution in [2.24, 2.45) is 7.05 Å². The number of imidazole rings is 1. The SMILES string of the molecule is Cc1cccc(N)c1C(=O)c1nccn1C. The second-order valence-electron chi connectivity index (χ2n) is 3.73. The molecule has 2 aromatic rings. The largest absolute Gasteiger partial charge is 0.398 e. The first-order valence-electron chi connectivity index (χ1n) is 4.98. The number of nitrogen functional groups attached to an aromatic ring is 1. The number of nitrogens with two attached hydrogens (primary N) is 1. The van der Waals surface area contributed by atoms with Crippen LogP contribution < -0.4 is 5.73 Å². The number of aromatic nitrogens is 2. The van der Waals surface area contributed by atoms with Gasteiger partial charge in [0.05, 0.1) is 5.56 Å². The highest BCUT2D eigenvalue weighted by Gasteiger charge is 2.18. The predicted molar refractivity (Wildman–Crippen MR) is 62.2 cm³/mol. The normalized spacial score (nSPS) is 10.4. The zero-order valence-corrected chi connectivity index (χ0v) is 9.27. The van der Waals surface area contributed by atoms with E-state index in [1.165, 1.54) is 0 Å². The monoisotopic (exact) mass is 215 g/mol. The summed E-state index contributed by atoms with van der Waals surface area (Å²) in [6.07, 6.45) is 3.34. The van der Waals surface area contributed by atoms with Crippen LogP contribution in [0.25, 0.3) is 0 Å². The molecule has 82 valence electrons. The third-order valence-electron chi connectivity index (χ3n) is 2.56. The van der Waals surface area contributed by atoms with E-state index in [1.54, 1.807) is 30.1 Å². The number of hydrogen-bond acceptors (Lipinski definition) is 3. The number of aryl methyl sites for hydroxylation is 2. The summed E-state index contributed by atoms with van der Waals surface area (Å²) < 4.78 is 1.69. The maximum atomic E-state index is 12.2. The van der Waals surface area contributed by atoms with E-state index >= 15 is 0 Å². The molecule has 0 bridgehead atoms. The molecule has 0 aliphatic carbocycles. The Morgan fingerprint density at radius 1 is 1.44 bits per heavy atom. The van der Waals surface area contributed by atoms with Crippen LogP contribution in [0.5, 0.6) is 0 Å². The summed E-state index contributed by atoms with van der Waals surface area (Å²) in [4.78, 5) is 16.2. The van der Waals surface area contributed by atoms with Crippen molar-refractivity contribution in [3.05, 3.63) is 47.5 Å². The first-order chi connectivity index (χ1) is 7.61. The Morgan fingerprint density at radius 2 is 2.19 bits per heavy atom. The zero-order chi connectivity index (χ0) is 11.7. The van der Waals surface area contributed by atoms with Crippen molar-refractivity contribution in [1.29, 1.82) is 0 Å². The maximum Gasteiger partial charge on any atom is 0.230 e. The fourth-order valence-corrected chi connectivity index (χ4v) is 1.70. The molecule has 0 aliphatic heterocycles. The van der Waals surface area contributed by atoms with Crippen LogP contribution in [0.4, 0.5) is 5.69 Å². The topological polar surface area (TPSA) is 60.9 Å². The van der Waals surface area contributed by atoms with Crippen LogP contribution in [-0.4, -0.2) is 15.3 Å². The number of anilines is 1. The van der Waals surface area contributed by atoms with E-state index in [0.29, 0.717) is 17.1 Å². The minimum absolute atomic E-state index is 0.136. The number of benzene rings is 1. The molecule has 0 aliphatic rings. The molecule has 1 aromatic carbocycles. The number of carbonyl (C=O) groups is 1. The molecule has 2 rings (SSSR count). The van der Waals surface area contributed by atoms with Gasteiger partial charge < -0.3 is 10.3 Å². The Balaban J connectivity index is 2.54. The Kier molecular flexibility index (Phi) is 2.48. The van der Waals surface area contributed by atoms with E-state index < -0.39 is 0 Å². The van der Waals surface area contributed by atoms with E-state index in [1.807, 2.05) is 19.1 Å². The van der Waals surface area contributed by atoms with Crippen molar-refractivity contribution in [2.45, 2.75) is 6.92 Å². The average molecular weight is 215 g/mol. The van der Waals surface area contributed by atoms with Crippen LogP contribution in [0, 0.1) is 6.92 Å². The molecule has 0 unspecified atom stereocenters. The summed E-state index contributed by atoms with van der Waals surface area (Å²) >= 11 is 0. The molecule has 0 atom stereocenters. The Morgan fingerprint density at radius 3 is 2.75 bits per heavy atom. The van der Waals surface area contributed by atoms with Crippen LogP contribution in [-0.2, 0) is 7.05 Å². The van der Waals surface area contributed by atoms with Crippen molar-refractivity contribution in [3.63, 3.8) is 0 Å². The standard InChI is InChI=1S/C12H13N3O/c1-8-4-3-5-9(13)10(8)11(16)12-14-6-7-15(12)2/h3-7H,13H2,1-2H3. The fourth-order valence-electron chi connectivity index (χ4n) is 1.70. The van der Waals surface area contributed by atoms with Gasteiger partial charge in [-0.3, -0.25) is 4.79 Å². The summed E-state index contributed by atoms with van der Waals surface area (Å²) in [6.45, 7) is 1.87. The van der Waals surface area contributed by atoms with Crippen molar-refractivity contribution in [3.8, 4) is 0 Å². The molecular weight excluding hydrogens is 202 g/mol. The van der Waals surface area contributed by atoms with Gasteiger partial charge in [0.15, 0.2) is 5.82 Å². The second-order valence-corrected chi connectivity index (χ2v) is 3.73. The number of carbonyl (C=O) groups excluding carboxylic acids is 1. The molecule has 4 nitrogen and oxygen atoms in total. The second kappa shape index (κ2) is 3.81. The quantitative estimate of drug-likeness (QED) is 0.610. The van der Waals surface area contributed by atoms with Crippen LogP contribution in [0.3, 0.4) is 0 Å². The first-order valence-corrected chi connectivity index (χ1v) is 4.98. The van der Waals surface area contributed by atoms with Gasteiger partial charge in [0.1, 0.15) is 0 Å². The van der Waals surface area contributed by atoms with Crippen molar-refractivity contribution in [1.82, 2.24) is 9.55 Å². The van der Waals surface area contributed by atoms with Crippen molar-refractivity contribution < 1.29 is 4.79 Å². The van der Waals surface area contributed by atoms with Crippen LogP contribution >= 0.6 is 0 Å². The van der Waals surface area contributed by atoms with Gasteiger partial charge in [0.2, 0.25) is 5.78 Å². The Labute approximate surface area is 93.7 Å². The summed E-state index contributed by atoms with van der Waals surface area (Å²) in [5.41, 5.74) is 7.72. The number of ketones is 1. The maximum absolute atomic E-state index is 12.2. The lowest BCUT2D eigenvalue weighted by Crippen LogP contribution is -2.12. The predicted octanol–water partition coefficient (Wildman–Crippen LogP) is 1.54. The molecule has 0 amide bonds. The molecule has 0 radical (unpaired) electrons. The minimum Gasteiger partial charge on any atom is -0.398 e. The number of hydrogen-bond donors (Lipinski definition) is 1. The third kappa shape index (κ3) is 1.58. The Bertz CT molecular complexity index is 523. The molecule has 4 heteroatoms. The zero-order valence-electron chi connectivity index (χ0n) is 9.27. The lowest BCUT2D eigenvalue weighted by molar-refractivity contribution is 0.102. The molecule has 0 saturated carbocycles. The molecule has 0 saturated heterocycles. The number of rotatable bonds is 2. The van der Waals surface area contributed by atoms with Crippen molar-refractivity contribution in [2.75, 3.05) is 5.73 Å². The summed E-state index contributed by atoms with van der Waals surface area (Å²) in [7, 11) is 1.79. The summed E-state index contributed by atoms with van der Waals surface area (Å²) in [6, 6.07) is 5.43. The van der Waals surface area contributed by atoms with Gasteiger partial charge in [0.25, 0.3) is 0 Å². The molecule has 0 fully saturated rings. The molecule has 1 heterocycles. The van der Waals surface area contributed by atoms with Gasteiger partial charge in [0, 0.05) is 25.1 Å². The van der Waals surface area contributed by atoms with E-state index in [-0.39, 0.29) is 5.78 Å². The molecule has 0 spiro atoms. The average Bonchev–Trinajstić information content (AvgIpc) is 2.64. The molecule has 16 heavy (non-hydrogen) atoms. The highest BCUT2D eigenvalue weighted by atomic mass is 16.1. The van der Waals surface area contributed by atoms with E-state index in [0.717, 1.165) is 5.56 Å². The molecule has 2 N–H and O–H groups in total. The third-order valence-corrected chi connectivity index (χ3v) is 2.56. The van der Waals surface area contributed by atoms with E-state index in [4.69, 9.17) is 5.73 Å². The lowest BCUT2D eigenvalue weighted by atomic mass is 10.0. The van der Waals surface area contributed by atoms with Crippen LogP contribution in [0.1, 0.15) is 21.7 Å². The fraction of sp³-hybridized carbons (Fsp3) is 0.167. The first kappa shape index (κ1) is 10.4. The number of nitrogens with zero attached hydrogens (tertiary/aromatic N) is 2. The van der Waals surface area contributed by atoms with Gasteiger partial charge in [-0.05, 0) is 18.6 Å². The van der Waals surface area contributed by atoms with Gasteiger partial charge in [-0.2, -0.15) is 0 Å². The minimum atomic E-state index is -0.136. The molecule has 1 aromatic heterocycles. The summed E-state index contributed by atoms with van der Waals surface area (Å²) in [5.74, 6) is 0.268. The van der Waals surface area contributed by atoms with Crippen LogP contribution in [0.2, 0.25) is 0 Å². The Hall–Kier alpha value is -2.10. The van der Waals surface area contributed by atoms with Gasteiger partial charge >= 0.3 is 0 Å². The van der Waals surface area contributed by atoms with Gasteiger partial charge in [-0.25, -0.2) is 4.98 Å². The smallest absolute Gasteiger partial charge is 0.230 e. The highest BCUT2D eigenvalue weighted by Crippen LogP contribution is 2.19. The highest BCUT2D eigenvalue weighted by molar-refractivity contribution is 6.11.